The molecule has 2 aromatic heterocycles. The van der Waals surface area contributed by atoms with Gasteiger partial charge in [0.1, 0.15) is 59.7 Å². The van der Waals surface area contributed by atoms with Crippen molar-refractivity contribution in [1.29, 1.82) is 10.5 Å². The van der Waals surface area contributed by atoms with Crippen LogP contribution in [0.1, 0.15) is 72.6 Å². The van der Waals surface area contributed by atoms with E-state index in [-0.39, 0.29) is 49.8 Å². The maximum atomic E-state index is 9.46. The molecule has 2 fully saturated rings. The summed E-state index contributed by atoms with van der Waals surface area (Å²) in [7, 11) is 3.24. The number of halogens is 2. The molecule has 65 heavy (non-hydrogen) atoms. The van der Waals surface area contributed by atoms with Crippen LogP contribution in [-0.2, 0) is 45.4 Å². The van der Waals surface area contributed by atoms with Crippen LogP contribution in [0.4, 0.5) is 0 Å². The molecule has 2 aliphatic heterocycles. The van der Waals surface area contributed by atoms with Crippen molar-refractivity contribution < 1.29 is 52.2 Å². The molecule has 2 saturated heterocycles. The highest BCUT2D eigenvalue weighted by atomic mass is 35.5. The van der Waals surface area contributed by atoms with Gasteiger partial charge in [-0.3, -0.25) is 0 Å². The van der Waals surface area contributed by atoms with Crippen molar-refractivity contribution in [1.82, 2.24) is 9.97 Å². The summed E-state index contributed by atoms with van der Waals surface area (Å²) in [5.74, 6) is 4.01. The van der Waals surface area contributed by atoms with Gasteiger partial charge in [0.2, 0.25) is 11.8 Å². The lowest BCUT2D eigenvalue weighted by Gasteiger charge is -2.22. The minimum absolute atomic E-state index is 0.0731. The SMILES string of the molecule is COc1ccc(-c2nc(COC3CCCCO3)c(CO)o2)cc1.COc1ccc(-c2nc(COC3CCCCO3)c(COc3ccc(C#N)c(Cl)c3)o2)cc1.N#Cc1ccc(O)cc1Cl. The fourth-order valence-corrected chi connectivity index (χ4v) is 6.82. The number of benzene rings is 4. The summed E-state index contributed by atoms with van der Waals surface area (Å²) in [6.45, 7) is 1.86. The monoisotopic (exact) mass is 926 g/mol. The quantitative estimate of drug-likeness (QED) is 0.104. The summed E-state index contributed by atoms with van der Waals surface area (Å²) in [6, 6.07) is 27.9. The lowest BCUT2D eigenvalue weighted by Crippen LogP contribution is -2.22. The van der Waals surface area contributed by atoms with Gasteiger partial charge >= 0.3 is 0 Å². The fraction of sp³-hybridized carbons (Fsp3) is 0.333. The van der Waals surface area contributed by atoms with Gasteiger partial charge in [0.15, 0.2) is 24.1 Å². The average Bonchev–Trinajstić information content (AvgIpc) is 3.97. The normalized spacial score (nSPS) is 15.6. The smallest absolute Gasteiger partial charge is 0.226 e. The number of phenols is 1. The van der Waals surface area contributed by atoms with Crippen molar-refractivity contribution in [3.63, 3.8) is 0 Å². The van der Waals surface area contributed by atoms with E-state index in [9.17, 15) is 5.11 Å². The van der Waals surface area contributed by atoms with Crippen LogP contribution in [0.15, 0.2) is 93.8 Å². The first-order valence-electron chi connectivity index (χ1n) is 20.7. The lowest BCUT2D eigenvalue weighted by atomic mass is 10.2. The zero-order valence-electron chi connectivity index (χ0n) is 35.8. The first kappa shape index (κ1) is 48.3. The summed E-state index contributed by atoms with van der Waals surface area (Å²) in [6.07, 6.45) is 5.62. The zero-order chi connectivity index (χ0) is 46.0. The van der Waals surface area contributed by atoms with Crippen LogP contribution in [0.5, 0.6) is 23.0 Å². The molecule has 340 valence electrons. The molecule has 0 amide bonds. The van der Waals surface area contributed by atoms with Gasteiger partial charge in [-0.05, 0) is 117 Å². The number of aliphatic hydroxyl groups excluding tert-OH is 1. The highest BCUT2D eigenvalue weighted by Crippen LogP contribution is 2.29. The molecule has 2 N–H and O–H groups in total. The molecule has 15 nitrogen and oxygen atoms in total. The van der Waals surface area contributed by atoms with Crippen molar-refractivity contribution in [2.75, 3.05) is 27.4 Å². The Balaban J connectivity index is 0.000000184. The Hall–Kier alpha value is -6.14. The number of nitrogens with zero attached hydrogens (tertiary/aromatic N) is 4. The number of aromatic nitrogens is 2. The highest BCUT2D eigenvalue weighted by molar-refractivity contribution is 6.32. The van der Waals surface area contributed by atoms with E-state index in [2.05, 4.69) is 9.97 Å². The summed E-state index contributed by atoms with van der Waals surface area (Å²) in [5.41, 5.74) is 3.65. The van der Waals surface area contributed by atoms with Crippen LogP contribution in [0.25, 0.3) is 22.9 Å². The van der Waals surface area contributed by atoms with E-state index in [0.717, 1.165) is 67.8 Å². The van der Waals surface area contributed by atoms with Gasteiger partial charge in [0.25, 0.3) is 0 Å². The second kappa shape index (κ2) is 24.8. The number of nitriles is 2. The highest BCUT2D eigenvalue weighted by Gasteiger charge is 2.21. The molecule has 6 aromatic rings. The van der Waals surface area contributed by atoms with E-state index in [4.69, 9.17) is 80.8 Å². The Labute approximate surface area is 386 Å². The van der Waals surface area contributed by atoms with E-state index in [1.165, 1.54) is 18.2 Å². The number of aromatic hydroxyl groups is 1. The predicted octanol–water partition coefficient (Wildman–Crippen LogP) is 10.3. The number of rotatable bonds is 14. The second-order valence-electron chi connectivity index (χ2n) is 14.4. The molecule has 0 radical (unpaired) electrons. The van der Waals surface area contributed by atoms with Crippen LogP contribution >= 0.6 is 23.2 Å². The van der Waals surface area contributed by atoms with Crippen molar-refractivity contribution in [2.24, 2.45) is 0 Å². The Morgan fingerprint density at radius 3 is 1.55 bits per heavy atom. The van der Waals surface area contributed by atoms with Crippen LogP contribution in [0, 0.1) is 22.7 Å². The van der Waals surface area contributed by atoms with Gasteiger partial charge < -0.3 is 52.2 Å². The molecule has 2 unspecified atom stereocenters. The molecule has 4 heterocycles. The Kier molecular flexibility index (Phi) is 18.4. The van der Waals surface area contributed by atoms with Gasteiger partial charge in [0.05, 0.1) is 48.6 Å². The number of hydrogen-bond acceptors (Lipinski definition) is 15. The number of phenolic OH excluding ortho intramolecular Hbond substituents is 1. The summed E-state index contributed by atoms with van der Waals surface area (Å²) in [4.78, 5) is 9.08. The number of aliphatic hydroxyl groups is 1. The maximum Gasteiger partial charge on any atom is 0.226 e. The third-order valence-corrected chi connectivity index (χ3v) is 10.6. The Morgan fingerprint density at radius 1 is 0.631 bits per heavy atom. The minimum Gasteiger partial charge on any atom is -0.508 e. The minimum atomic E-state index is -0.240. The molecule has 2 atom stereocenters. The summed E-state index contributed by atoms with van der Waals surface area (Å²) in [5, 5.41) is 36.3. The molecule has 0 spiro atoms. The molecule has 4 aromatic carbocycles. The van der Waals surface area contributed by atoms with E-state index in [0.29, 0.717) is 63.2 Å². The van der Waals surface area contributed by atoms with Crippen LogP contribution in [0.3, 0.4) is 0 Å². The molecular weight excluding hydrogens is 879 g/mol. The summed E-state index contributed by atoms with van der Waals surface area (Å²) < 4.78 is 50.7. The second-order valence-corrected chi connectivity index (χ2v) is 15.2. The Morgan fingerprint density at radius 2 is 1.11 bits per heavy atom. The van der Waals surface area contributed by atoms with Gasteiger partial charge in [-0.2, -0.15) is 10.5 Å². The van der Waals surface area contributed by atoms with Crippen LogP contribution in [-0.4, -0.2) is 60.2 Å². The van der Waals surface area contributed by atoms with Crippen molar-refractivity contribution in [2.45, 2.75) is 77.5 Å². The number of ether oxygens (including phenoxy) is 7. The largest absolute Gasteiger partial charge is 0.508 e. The topological polar surface area (TPSA) is 205 Å². The zero-order valence-corrected chi connectivity index (χ0v) is 37.3. The van der Waals surface area contributed by atoms with E-state index in [1.807, 2.05) is 60.7 Å². The molecular formula is C48H48Cl2N4O11. The molecule has 0 bridgehead atoms. The number of hydrogen-bond donors (Lipinski definition) is 2. The van der Waals surface area contributed by atoms with E-state index in [1.54, 1.807) is 32.4 Å². The van der Waals surface area contributed by atoms with E-state index < -0.39 is 0 Å². The predicted molar refractivity (Wildman–Crippen MR) is 238 cm³/mol. The van der Waals surface area contributed by atoms with Crippen molar-refractivity contribution in [3.05, 3.63) is 129 Å². The molecule has 0 aliphatic carbocycles. The maximum absolute atomic E-state index is 9.46. The van der Waals surface area contributed by atoms with Gasteiger partial charge in [-0.25, -0.2) is 9.97 Å². The van der Waals surface area contributed by atoms with E-state index >= 15 is 0 Å². The number of oxazole rings is 2. The van der Waals surface area contributed by atoms with Crippen LogP contribution in [0.2, 0.25) is 10.0 Å². The van der Waals surface area contributed by atoms with Crippen LogP contribution < -0.4 is 14.2 Å². The fourth-order valence-electron chi connectivity index (χ4n) is 6.39. The Bertz CT molecular complexity index is 2500. The third kappa shape index (κ3) is 14.2. The summed E-state index contributed by atoms with van der Waals surface area (Å²) >= 11 is 11.7. The van der Waals surface area contributed by atoms with Gasteiger partial charge in [0, 0.05) is 30.4 Å². The first-order chi connectivity index (χ1) is 31.7. The average molecular weight is 928 g/mol. The molecule has 17 heteroatoms. The first-order valence-corrected chi connectivity index (χ1v) is 21.5. The van der Waals surface area contributed by atoms with Crippen molar-refractivity contribution >= 4 is 23.2 Å². The molecule has 2 aliphatic rings. The van der Waals surface area contributed by atoms with Crippen molar-refractivity contribution in [3.8, 4) is 58.0 Å². The number of methoxy groups -OCH3 is 2. The molecule has 0 saturated carbocycles. The standard InChI is InChI=1S/C24H23ClN2O5.C17H21NO5.C7H4ClNO/c1-28-18-8-5-16(6-9-18)24-27-21(14-31-23-4-2-3-11-29-23)22(32-24)15-30-19-10-7-17(13-26)20(25)12-19;1-20-13-7-5-12(6-8-13)17-18-14(15(10-19)23-17)11-22-16-4-2-3-9-21-16;8-7-3-6(10)2-1-5(7)4-9/h5-10,12,23H,2-4,11,14-15H2,1H3;5-8,16,19H,2-4,9-11H2,1H3;1-3,10H. The molecule has 8 rings (SSSR count). The van der Waals surface area contributed by atoms with Gasteiger partial charge in [-0.1, -0.05) is 23.2 Å². The van der Waals surface area contributed by atoms with Gasteiger partial charge in [-0.15, -0.1) is 0 Å². The lowest BCUT2D eigenvalue weighted by molar-refractivity contribution is -0.169. The third-order valence-electron chi connectivity index (χ3n) is 9.97.